The van der Waals surface area contributed by atoms with E-state index in [1.54, 1.807) is 36.7 Å². The first-order chi connectivity index (χ1) is 17.7. The monoisotopic (exact) mass is 500 g/mol. The second-order valence-electron chi connectivity index (χ2n) is 9.72. The lowest BCUT2D eigenvalue weighted by molar-refractivity contribution is -0.137. The predicted octanol–water partition coefficient (Wildman–Crippen LogP) is 3.81. The summed E-state index contributed by atoms with van der Waals surface area (Å²) in [5.74, 6) is -0.114. The Morgan fingerprint density at radius 1 is 1.14 bits per heavy atom. The molecule has 1 aliphatic heterocycles. The predicted molar refractivity (Wildman–Crippen MR) is 142 cm³/mol. The highest BCUT2D eigenvalue weighted by atomic mass is 16.5. The molecule has 3 atom stereocenters. The fourth-order valence-electron chi connectivity index (χ4n) is 5.08. The average Bonchev–Trinajstić information content (AvgIpc) is 3.20. The summed E-state index contributed by atoms with van der Waals surface area (Å²) in [7, 11) is 0. The van der Waals surface area contributed by atoms with Gasteiger partial charge in [-0.1, -0.05) is 12.1 Å². The van der Waals surface area contributed by atoms with Crippen LogP contribution in [0.4, 0.5) is 11.4 Å². The van der Waals surface area contributed by atoms with Gasteiger partial charge in [-0.15, -0.1) is 0 Å². The number of nitrogens with zero attached hydrogens (tertiary/aromatic N) is 3. The summed E-state index contributed by atoms with van der Waals surface area (Å²) in [5, 5.41) is 14.5. The number of aliphatic carboxylic acids is 1. The molecule has 3 unspecified atom stereocenters. The van der Waals surface area contributed by atoms with Gasteiger partial charge in [-0.2, -0.15) is 0 Å². The van der Waals surface area contributed by atoms with Crippen molar-refractivity contribution >= 4 is 28.1 Å². The highest BCUT2D eigenvalue weighted by molar-refractivity contribution is 5.86. The Morgan fingerprint density at radius 3 is 2.51 bits per heavy atom. The number of aromatic nitrogens is 2. The number of carboxylic acids is 1. The van der Waals surface area contributed by atoms with E-state index in [1.807, 2.05) is 37.8 Å². The number of fused-ring (bicyclic) bond motifs is 1. The summed E-state index contributed by atoms with van der Waals surface area (Å²) < 4.78 is 6.01. The van der Waals surface area contributed by atoms with E-state index in [2.05, 4.69) is 15.3 Å². The van der Waals surface area contributed by atoms with Gasteiger partial charge in [-0.3, -0.25) is 14.6 Å². The maximum atomic E-state index is 12.4. The van der Waals surface area contributed by atoms with Crippen molar-refractivity contribution in [3.8, 4) is 11.6 Å². The molecular weight excluding hydrogens is 472 g/mol. The zero-order chi connectivity index (χ0) is 26.3. The summed E-state index contributed by atoms with van der Waals surface area (Å²) >= 11 is 0. The molecular formula is C28H28N4O5. The lowest BCUT2D eigenvalue weighted by atomic mass is 10.0. The Hall–Kier alpha value is -4.27. The number of rotatable bonds is 8. The number of hydrogen-bond acceptors (Lipinski definition) is 8. The van der Waals surface area contributed by atoms with E-state index in [0.717, 1.165) is 34.9 Å². The fourth-order valence-corrected chi connectivity index (χ4v) is 5.08. The van der Waals surface area contributed by atoms with E-state index in [0.29, 0.717) is 17.3 Å². The zero-order valence-electron chi connectivity index (χ0n) is 20.9. The van der Waals surface area contributed by atoms with E-state index in [4.69, 9.17) is 4.74 Å². The Bertz CT molecular complexity index is 1530. The van der Waals surface area contributed by atoms with Crippen LogP contribution in [-0.4, -0.2) is 39.2 Å². The summed E-state index contributed by atoms with van der Waals surface area (Å²) in [6, 6.07) is 10.1. The molecule has 9 heteroatoms. The SMILES string of the molecule is Cc1cc2ccncc2c(Oc2ccc(CC(Nc3c(N4C(C)CCC4C)c(=O)c3=O)C(=O)O)cc2)n1. The number of hydrogen-bond donors (Lipinski definition) is 2. The highest BCUT2D eigenvalue weighted by Gasteiger charge is 2.36. The lowest BCUT2D eigenvalue weighted by Crippen LogP contribution is -2.48. The topological polar surface area (TPSA) is 122 Å². The number of nitrogens with one attached hydrogen (secondary N) is 1. The lowest BCUT2D eigenvalue weighted by Gasteiger charge is -2.32. The van der Waals surface area contributed by atoms with Crippen molar-refractivity contribution < 1.29 is 14.6 Å². The Morgan fingerprint density at radius 2 is 1.84 bits per heavy atom. The normalized spacial score (nSPS) is 18.3. The molecule has 0 saturated carbocycles. The molecule has 0 radical (unpaired) electrons. The second-order valence-corrected chi connectivity index (χ2v) is 9.72. The maximum Gasteiger partial charge on any atom is 0.326 e. The third-order valence-corrected chi connectivity index (χ3v) is 7.02. The molecule has 2 aromatic heterocycles. The molecule has 0 amide bonds. The average molecular weight is 501 g/mol. The number of benzene rings is 1. The first-order valence-corrected chi connectivity index (χ1v) is 12.3. The molecule has 1 fully saturated rings. The van der Waals surface area contributed by atoms with E-state index in [-0.39, 0.29) is 24.2 Å². The maximum absolute atomic E-state index is 12.4. The second kappa shape index (κ2) is 9.65. The smallest absolute Gasteiger partial charge is 0.326 e. The molecule has 0 bridgehead atoms. The first kappa shape index (κ1) is 24.4. The van der Waals surface area contributed by atoms with Gasteiger partial charge in [0.05, 0.1) is 5.39 Å². The quantitative estimate of drug-likeness (QED) is 0.348. The molecule has 5 rings (SSSR count). The van der Waals surface area contributed by atoms with Crippen LogP contribution in [0.25, 0.3) is 10.8 Å². The van der Waals surface area contributed by atoms with Crippen LogP contribution >= 0.6 is 0 Å². The van der Waals surface area contributed by atoms with Gasteiger partial charge in [0.2, 0.25) is 5.88 Å². The Kier molecular flexibility index (Phi) is 6.37. The fraction of sp³-hybridized carbons (Fsp3) is 0.321. The van der Waals surface area contributed by atoms with Crippen molar-refractivity contribution in [2.24, 2.45) is 0 Å². The third-order valence-electron chi connectivity index (χ3n) is 7.02. The summed E-state index contributed by atoms with van der Waals surface area (Å²) in [4.78, 5) is 47.4. The van der Waals surface area contributed by atoms with Crippen molar-refractivity contribution in [1.82, 2.24) is 9.97 Å². The van der Waals surface area contributed by atoms with Crippen LogP contribution < -0.4 is 25.8 Å². The number of pyridine rings is 2. The van der Waals surface area contributed by atoms with Gasteiger partial charge in [-0.25, -0.2) is 9.78 Å². The van der Waals surface area contributed by atoms with Crippen LogP contribution in [0, 0.1) is 6.92 Å². The van der Waals surface area contributed by atoms with Gasteiger partial charge in [0, 0.05) is 36.6 Å². The van der Waals surface area contributed by atoms with Crippen molar-refractivity contribution in [1.29, 1.82) is 0 Å². The van der Waals surface area contributed by atoms with E-state index < -0.39 is 22.9 Å². The van der Waals surface area contributed by atoms with Crippen molar-refractivity contribution in [2.45, 2.75) is 58.2 Å². The molecule has 1 saturated heterocycles. The van der Waals surface area contributed by atoms with Crippen LogP contribution in [-0.2, 0) is 11.2 Å². The van der Waals surface area contributed by atoms with Crippen LogP contribution in [0.15, 0.2) is 58.4 Å². The number of aryl methyl sites for hydroxylation is 1. The number of ether oxygens (including phenoxy) is 1. The molecule has 190 valence electrons. The summed E-state index contributed by atoms with van der Waals surface area (Å²) in [5.41, 5.74) is 0.744. The standard InChI is InChI=1S/C28H28N4O5/c1-15-12-19-10-11-29-14-21(19)27(30-15)37-20-8-6-18(7-9-20)13-22(28(35)36)31-23-24(26(34)25(23)33)32-16(2)4-5-17(32)3/h6-12,14,16-17,22,31H,4-5,13H2,1-3H3,(H,35,36). The summed E-state index contributed by atoms with van der Waals surface area (Å²) in [6.07, 6.45) is 5.37. The van der Waals surface area contributed by atoms with E-state index in [9.17, 15) is 19.5 Å². The van der Waals surface area contributed by atoms with E-state index >= 15 is 0 Å². The van der Waals surface area contributed by atoms with E-state index in [1.165, 1.54) is 0 Å². The Balaban J connectivity index is 1.33. The molecule has 4 aromatic rings. The van der Waals surface area contributed by atoms with Gasteiger partial charge in [0.25, 0.3) is 10.9 Å². The van der Waals surface area contributed by atoms with Gasteiger partial charge in [-0.05, 0) is 68.8 Å². The molecule has 1 aliphatic rings. The van der Waals surface area contributed by atoms with Gasteiger partial charge in [0.15, 0.2) is 0 Å². The van der Waals surface area contributed by atoms with Crippen LogP contribution in [0.1, 0.15) is 37.9 Å². The third kappa shape index (κ3) is 4.64. The molecule has 37 heavy (non-hydrogen) atoms. The highest BCUT2D eigenvalue weighted by Crippen LogP contribution is 2.33. The molecule has 0 spiro atoms. The number of carboxylic acid groups (broad SMARTS) is 1. The molecule has 2 aromatic carbocycles. The number of carbonyl (C=O) groups is 1. The largest absolute Gasteiger partial charge is 0.480 e. The van der Waals surface area contributed by atoms with Crippen molar-refractivity contribution in [3.05, 3.63) is 80.5 Å². The van der Waals surface area contributed by atoms with Crippen LogP contribution in [0.3, 0.4) is 0 Å². The first-order valence-electron chi connectivity index (χ1n) is 12.3. The van der Waals surface area contributed by atoms with Gasteiger partial charge < -0.3 is 20.1 Å². The van der Waals surface area contributed by atoms with Crippen LogP contribution in [0.5, 0.6) is 11.6 Å². The van der Waals surface area contributed by atoms with Crippen LogP contribution in [0.2, 0.25) is 0 Å². The minimum Gasteiger partial charge on any atom is -0.480 e. The van der Waals surface area contributed by atoms with Crippen molar-refractivity contribution in [2.75, 3.05) is 10.2 Å². The molecule has 0 aliphatic carbocycles. The minimum atomic E-state index is -1.11. The molecule has 3 heterocycles. The van der Waals surface area contributed by atoms with Gasteiger partial charge in [0.1, 0.15) is 23.2 Å². The summed E-state index contributed by atoms with van der Waals surface area (Å²) in [6.45, 7) is 5.91. The zero-order valence-corrected chi connectivity index (χ0v) is 20.9. The molecule has 2 N–H and O–H groups in total. The van der Waals surface area contributed by atoms with Crippen molar-refractivity contribution in [3.63, 3.8) is 0 Å². The minimum absolute atomic E-state index is 0.101. The molecule has 9 nitrogen and oxygen atoms in total. The Labute approximate surface area is 213 Å². The number of anilines is 2. The van der Waals surface area contributed by atoms with Gasteiger partial charge >= 0.3 is 5.97 Å².